The zero-order valence-electron chi connectivity index (χ0n) is 13.9. The molecular weight excluding hydrogens is 284 g/mol. The summed E-state index contributed by atoms with van der Waals surface area (Å²) in [6.07, 6.45) is 1.76. The number of nitrogens with one attached hydrogen (secondary N) is 2. The van der Waals surface area contributed by atoms with Gasteiger partial charge in [0.15, 0.2) is 5.96 Å². The summed E-state index contributed by atoms with van der Waals surface area (Å²) in [6, 6.07) is 0. The molecule has 0 radical (unpaired) electrons. The van der Waals surface area contributed by atoms with E-state index in [0.29, 0.717) is 24.9 Å². The largest absolute Gasteiger partial charge is 0.444 e. The summed E-state index contributed by atoms with van der Waals surface area (Å²) in [5.41, 5.74) is 0.728. The minimum atomic E-state index is -0.189. The second-order valence-corrected chi connectivity index (χ2v) is 5.53. The maximum atomic E-state index is 5.70. The van der Waals surface area contributed by atoms with Gasteiger partial charge in [-0.3, -0.25) is 4.99 Å². The Balaban J connectivity index is 1.84. The summed E-state index contributed by atoms with van der Waals surface area (Å²) >= 11 is 0. The smallest absolute Gasteiger partial charge is 0.214 e. The fraction of sp³-hybridized carbons (Fsp3) is 0.733. The van der Waals surface area contributed by atoms with Crippen LogP contribution in [0.1, 0.15) is 30.2 Å². The lowest BCUT2D eigenvalue weighted by Crippen LogP contribution is -2.50. The number of aromatic nitrogens is 1. The topological polar surface area (TPSA) is 80.9 Å². The Kier molecular flexibility index (Phi) is 5.79. The monoisotopic (exact) mass is 310 g/mol. The molecule has 0 saturated carbocycles. The molecule has 0 amide bonds. The Morgan fingerprint density at radius 1 is 1.32 bits per heavy atom. The molecule has 1 aromatic rings. The zero-order valence-corrected chi connectivity index (χ0v) is 13.9. The minimum Gasteiger partial charge on any atom is -0.444 e. The average molecular weight is 310 g/mol. The Labute approximate surface area is 131 Å². The molecule has 7 nitrogen and oxygen atoms in total. The van der Waals surface area contributed by atoms with Gasteiger partial charge in [-0.1, -0.05) is 0 Å². The molecule has 0 aliphatic carbocycles. The number of hydrogen-bond acceptors (Lipinski definition) is 5. The molecule has 1 aromatic heterocycles. The van der Waals surface area contributed by atoms with E-state index in [4.69, 9.17) is 13.9 Å². The molecule has 1 saturated heterocycles. The normalized spacial score (nSPS) is 18.3. The molecule has 2 N–H and O–H groups in total. The fourth-order valence-corrected chi connectivity index (χ4v) is 2.44. The first-order valence-electron chi connectivity index (χ1n) is 7.59. The van der Waals surface area contributed by atoms with Crippen molar-refractivity contribution in [3.8, 4) is 0 Å². The summed E-state index contributed by atoms with van der Waals surface area (Å²) < 4.78 is 16.7. The molecular formula is C15H26N4O3. The summed E-state index contributed by atoms with van der Waals surface area (Å²) in [5, 5.41) is 6.51. The van der Waals surface area contributed by atoms with Crippen LogP contribution in [0.5, 0.6) is 0 Å². The molecule has 0 aromatic carbocycles. The number of aryl methyl sites for hydroxylation is 2. The Morgan fingerprint density at radius 3 is 2.59 bits per heavy atom. The average Bonchev–Trinajstić information content (AvgIpc) is 2.87. The third-order valence-electron chi connectivity index (χ3n) is 4.12. The van der Waals surface area contributed by atoms with Crippen LogP contribution in [0.15, 0.2) is 9.41 Å². The predicted octanol–water partition coefficient (Wildman–Crippen LogP) is 1.15. The highest BCUT2D eigenvalue weighted by molar-refractivity contribution is 5.79. The Morgan fingerprint density at radius 2 is 2.05 bits per heavy atom. The molecule has 0 bridgehead atoms. The van der Waals surface area contributed by atoms with E-state index in [1.54, 1.807) is 14.2 Å². The summed E-state index contributed by atoms with van der Waals surface area (Å²) in [6.45, 7) is 6.50. The van der Waals surface area contributed by atoms with E-state index in [1.165, 1.54) is 0 Å². The van der Waals surface area contributed by atoms with Gasteiger partial charge in [0.1, 0.15) is 5.76 Å². The van der Waals surface area contributed by atoms with E-state index in [0.717, 1.165) is 37.5 Å². The molecule has 7 heteroatoms. The van der Waals surface area contributed by atoms with Gasteiger partial charge in [0.05, 0.1) is 17.8 Å². The Bertz CT molecular complexity index is 487. The number of guanidine groups is 1. The molecule has 22 heavy (non-hydrogen) atoms. The number of oxazole rings is 1. The van der Waals surface area contributed by atoms with Crippen LogP contribution in [-0.4, -0.2) is 50.5 Å². The second kappa shape index (κ2) is 7.60. The third kappa shape index (κ3) is 4.20. The number of ether oxygens (including phenoxy) is 2. The molecule has 2 heterocycles. The van der Waals surface area contributed by atoms with Crippen LogP contribution < -0.4 is 10.6 Å². The number of aliphatic imine (C=N–C) groups is 1. The van der Waals surface area contributed by atoms with Gasteiger partial charge >= 0.3 is 0 Å². The first kappa shape index (κ1) is 16.8. The van der Waals surface area contributed by atoms with E-state index < -0.39 is 0 Å². The summed E-state index contributed by atoms with van der Waals surface area (Å²) in [7, 11) is 3.49. The molecule has 2 rings (SSSR count). The maximum absolute atomic E-state index is 5.70. The first-order chi connectivity index (χ1) is 10.6. The van der Waals surface area contributed by atoms with Crippen LogP contribution in [0, 0.1) is 13.8 Å². The van der Waals surface area contributed by atoms with Crippen molar-refractivity contribution in [1.29, 1.82) is 0 Å². The van der Waals surface area contributed by atoms with Crippen LogP contribution >= 0.6 is 0 Å². The van der Waals surface area contributed by atoms with Crippen molar-refractivity contribution in [2.45, 2.75) is 38.8 Å². The second-order valence-electron chi connectivity index (χ2n) is 5.53. The number of nitrogens with zero attached hydrogens (tertiary/aromatic N) is 2. The van der Waals surface area contributed by atoms with Crippen molar-refractivity contribution in [1.82, 2.24) is 15.6 Å². The standard InChI is InChI=1S/C15H26N4O3/c1-11-12(2)22-13(19-11)9-17-14(16-3)18-10-15(20-4)5-7-21-8-6-15/h5-10H2,1-4H3,(H2,16,17,18). The van der Waals surface area contributed by atoms with Crippen LogP contribution in [-0.2, 0) is 16.0 Å². The van der Waals surface area contributed by atoms with Crippen LogP contribution in [0.4, 0.5) is 0 Å². The molecule has 0 unspecified atom stereocenters. The molecule has 1 aliphatic rings. The maximum Gasteiger partial charge on any atom is 0.214 e. The minimum absolute atomic E-state index is 0.189. The lowest BCUT2D eigenvalue weighted by atomic mass is 9.94. The molecule has 1 fully saturated rings. The highest BCUT2D eigenvalue weighted by Gasteiger charge is 2.32. The van der Waals surface area contributed by atoms with Gasteiger partial charge in [0.25, 0.3) is 0 Å². The number of methoxy groups -OCH3 is 1. The quantitative estimate of drug-likeness (QED) is 0.627. The van der Waals surface area contributed by atoms with Gasteiger partial charge in [0, 0.05) is 46.8 Å². The van der Waals surface area contributed by atoms with E-state index in [9.17, 15) is 0 Å². The molecule has 1 aliphatic heterocycles. The van der Waals surface area contributed by atoms with Crippen molar-refractivity contribution in [2.75, 3.05) is 33.9 Å². The van der Waals surface area contributed by atoms with Crippen molar-refractivity contribution in [3.05, 3.63) is 17.3 Å². The van der Waals surface area contributed by atoms with Gasteiger partial charge in [-0.15, -0.1) is 0 Å². The first-order valence-corrected chi connectivity index (χ1v) is 7.59. The van der Waals surface area contributed by atoms with E-state index in [-0.39, 0.29) is 5.60 Å². The Hall–Kier alpha value is -1.60. The summed E-state index contributed by atoms with van der Waals surface area (Å²) in [4.78, 5) is 8.56. The lowest BCUT2D eigenvalue weighted by molar-refractivity contribution is -0.0855. The highest BCUT2D eigenvalue weighted by atomic mass is 16.5. The number of hydrogen-bond donors (Lipinski definition) is 2. The highest BCUT2D eigenvalue weighted by Crippen LogP contribution is 2.23. The van der Waals surface area contributed by atoms with E-state index in [2.05, 4.69) is 20.6 Å². The molecule has 124 valence electrons. The SMILES string of the molecule is CN=C(NCc1nc(C)c(C)o1)NCC1(OC)CCOCC1. The van der Waals surface area contributed by atoms with Crippen molar-refractivity contribution >= 4 is 5.96 Å². The number of rotatable bonds is 5. The van der Waals surface area contributed by atoms with Gasteiger partial charge in [-0.2, -0.15) is 0 Å². The van der Waals surface area contributed by atoms with Gasteiger partial charge in [-0.25, -0.2) is 4.98 Å². The lowest BCUT2D eigenvalue weighted by Gasteiger charge is -2.36. The predicted molar refractivity (Wildman–Crippen MR) is 84.0 cm³/mol. The van der Waals surface area contributed by atoms with Crippen molar-refractivity contribution in [2.24, 2.45) is 4.99 Å². The third-order valence-corrected chi connectivity index (χ3v) is 4.12. The zero-order chi connectivity index (χ0) is 16.0. The fourth-order valence-electron chi connectivity index (χ4n) is 2.44. The molecule has 0 atom stereocenters. The van der Waals surface area contributed by atoms with Gasteiger partial charge in [0.2, 0.25) is 5.89 Å². The summed E-state index contributed by atoms with van der Waals surface area (Å²) in [5.74, 6) is 2.21. The van der Waals surface area contributed by atoms with Crippen LogP contribution in [0.3, 0.4) is 0 Å². The van der Waals surface area contributed by atoms with Gasteiger partial charge in [-0.05, 0) is 13.8 Å². The van der Waals surface area contributed by atoms with Crippen molar-refractivity contribution < 1.29 is 13.9 Å². The van der Waals surface area contributed by atoms with E-state index >= 15 is 0 Å². The van der Waals surface area contributed by atoms with Crippen LogP contribution in [0.2, 0.25) is 0 Å². The molecule has 0 spiro atoms. The van der Waals surface area contributed by atoms with E-state index in [1.807, 2.05) is 13.8 Å². The van der Waals surface area contributed by atoms with Gasteiger partial charge < -0.3 is 24.5 Å². The van der Waals surface area contributed by atoms with Crippen LogP contribution in [0.25, 0.3) is 0 Å². The van der Waals surface area contributed by atoms with Crippen molar-refractivity contribution in [3.63, 3.8) is 0 Å².